The van der Waals surface area contributed by atoms with Crippen LogP contribution >= 0.6 is 0 Å². The van der Waals surface area contributed by atoms with Crippen molar-refractivity contribution in [2.75, 3.05) is 6.61 Å². The number of rotatable bonds is 6. The molecule has 74 valence electrons. The summed E-state index contributed by atoms with van der Waals surface area (Å²) < 4.78 is 4.39. The van der Waals surface area contributed by atoms with Crippen molar-refractivity contribution < 1.29 is 80.7 Å². The van der Waals surface area contributed by atoms with Crippen molar-refractivity contribution in [1.29, 1.82) is 0 Å². The molecule has 0 aromatic rings. The summed E-state index contributed by atoms with van der Waals surface area (Å²) in [6.45, 7) is -0.235. The number of ether oxygens (including phenoxy) is 1. The number of hydrogen-bond acceptors (Lipinski definition) is 5. The van der Waals surface area contributed by atoms with Gasteiger partial charge in [-0.3, -0.25) is 9.59 Å². The van der Waals surface area contributed by atoms with Crippen LogP contribution in [-0.4, -0.2) is 29.6 Å². The molecule has 0 fully saturated rings. The van der Waals surface area contributed by atoms with Crippen LogP contribution in [0, 0.1) is 0 Å². The molecule has 0 aromatic heterocycles. The van der Waals surface area contributed by atoms with Crippen LogP contribution in [0.2, 0.25) is 0 Å². The fourth-order valence-corrected chi connectivity index (χ4v) is 0.528. The van der Waals surface area contributed by atoms with Crippen LogP contribution in [0.4, 0.5) is 0 Å². The van der Waals surface area contributed by atoms with Crippen LogP contribution < -0.4 is 56.5 Å². The van der Waals surface area contributed by atoms with Crippen LogP contribution in [0.1, 0.15) is 19.3 Å². The summed E-state index contributed by atoms with van der Waals surface area (Å²) in [5.74, 6) is -3.15. The summed E-state index contributed by atoms with van der Waals surface area (Å²) in [6.07, 6.45) is -0.981. The molecule has 7 heteroatoms. The zero-order valence-electron chi connectivity index (χ0n) is 7.82. The number of esters is 1. The maximum Gasteiger partial charge on any atom is 1.00 e. The van der Waals surface area contributed by atoms with Crippen molar-refractivity contribution in [3.63, 3.8) is 0 Å². The minimum Gasteiger partial charge on any atom is -0.550 e. The third-order valence-corrected chi connectivity index (χ3v) is 1.11. The third kappa shape index (κ3) is 12.0. The standard InChI is InChI=1S/C7H10O6.K/c8-5(9)1-2-7(12)13-4-3-6(10)11;/h1-4H2,(H,8,9)(H,10,11);/q;+1/p-1. The van der Waals surface area contributed by atoms with Gasteiger partial charge >= 0.3 is 63.3 Å². The molecule has 6 nitrogen and oxygen atoms in total. The normalized spacial score (nSPS) is 8.57. The first-order valence-electron chi connectivity index (χ1n) is 3.59. The van der Waals surface area contributed by atoms with E-state index in [4.69, 9.17) is 5.11 Å². The van der Waals surface area contributed by atoms with Gasteiger partial charge in [-0.05, 0) is 6.42 Å². The van der Waals surface area contributed by atoms with Crippen molar-refractivity contribution in [2.24, 2.45) is 0 Å². The minimum atomic E-state index is -1.34. The largest absolute Gasteiger partial charge is 1.00 e. The number of carbonyl (C=O) groups is 3. The van der Waals surface area contributed by atoms with E-state index in [0.717, 1.165) is 0 Å². The molecule has 0 aliphatic rings. The molecule has 0 saturated carbocycles. The van der Waals surface area contributed by atoms with E-state index in [9.17, 15) is 19.5 Å². The van der Waals surface area contributed by atoms with E-state index in [1.807, 2.05) is 0 Å². The fourth-order valence-electron chi connectivity index (χ4n) is 0.528. The summed E-state index contributed by atoms with van der Waals surface area (Å²) in [5.41, 5.74) is 0. The fraction of sp³-hybridized carbons (Fsp3) is 0.571. The minimum absolute atomic E-state index is 0. The van der Waals surface area contributed by atoms with Gasteiger partial charge in [-0.2, -0.15) is 0 Å². The van der Waals surface area contributed by atoms with E-state index < -0.39 is 24.3 Å². The Labute approximate surface area is 123 Å². The van der Waals surface area contributed by atoms with Crippen molar-refractivity contribution in [1.82, 2.24) is 0 Å². The van der Waals surface area contributed by atoms with Gasteiger partial charge in [0.25, 0.3) is 0 Å². The molecule has 0 spiro atoms. The monoisotopic (exact) mass is 228 g/mol. The first-order valence-corrected chi connectivity index (χ1v) is 3.59. The average molecular weight is 228 g/mol. The Morgan fingerprint density at radius 2 is 1.71 bits per heavy atom. The molecule has 0 aromatic carbocycles. The van der Waals surface area contributed by atoms with Gasteiger partial charge in [0, 0.05) is 5.97 Å². The van der Waals surface area contributed by atoms with E-state index in [-0.39, 0.29) is 70.8 Å². The number of hydrogen-bond donors (Lipinski definition) is 1. The summed E-state index contributed by atoms with van der Waals surface area (Å²) in [7, 11) is 0. The Morgan fingerprint density at radius 3 is 2.14 bits per heavy atom. The predicted molar refractivity (Wildman–Crippen MR) is 37.5 cm³/mol. The molecule has 0 bridgehead atoms. The topological polar surface area (TPSA) is 104 Å². The summed E-state index contributed by atoms with van der Waals surface area (Å²) in [4.78, 5) is 30.4. The van der Waals surface area contributed by atoms with Gasteiger partial charge in [0.2, 0.25) is 0 Å². The Bertz CT molecular complexity index is 214. The van der Waals surface area contributed by atoms with Gasteiger partial charge in [-0.15, -0.1) is 0 Å². The van der Waals surface area contributed by atoms with E-state index in [2.05, 4.69) is 4.74 Å². The molecule has 0 unspecified atom stereocenters. The molecule has 0 rings (SSSR count). The number of carbonyl (C=O) groups excluding carboxylic acids is 2. The number of carboxylic acids is 2. The SMILES string of the molecule is O=C([O-])CCC(=O)OCCC(=O)O.[K+]. The van der Waals surface area contributed by atoms with Gasteiger partial charge in [-0.1, -0.05) is 0 Å². The number of aliphatic carboxylic acids is 2. The average Bonchev–Trinajstić information content (AvgIpc) is 2.00. The van der Waals surface area contributed by atoms with Crippen molar-refractivity contribution >= 4 is 17.9 Å². The van der Waals surface area contributed by atoms with E-state index in [1.54, 1.807) is 0 Å². The molecular formula is C7H9KO6. The van der Waals surface area contributed by atoms with Gasteiger partial charge in [0.1, 0.15) is 6.61 Å². The van der Waals surface area contributed by atoms with E-state index >= 15 is 0 Å². The number of carboxylic acid groups (broad SMARTS) is 2. The van der Waals surface area contributed by atoms with Crippen LogP contribution in [0.15, 0.2) is 0 Å². The maximum absolute atomic E-state index is 10.6. The Morgan fingerprint density at radius 1 is 1.14 bits per heavy atom. The Balaban J connectivity index is 0. The van der Waals surface area contributed by atoms with E-state index in [1.165, 1.54) is 0 Å². The Hall–Kier alpha value is 0.0464. The first kappa shape index (κ1) is 16.5. The molecule has 0 radical (unpaired) electrons. The second kappa shape index (κ2) is 9.60. The summed E-state index contributed by atoms with van der Waals surface area (Å²) in [5, 5.41) is 18.0. The zero-order chi connectivity index (χ0) is 10.3. The molecule has 0 saturated heterocycles. The zero-order valence-corrected chi connectivity index (χ0v) is 10.9. The van der Waals surface area contributed by atoms with Gasteiger partial charge in [0.15, 0.2) is 0 Å². The van der Waals surface area contributed by atoms with Crippen LogP contribution in [-0.2, 0) is 19.1 Å². The van der Waals surface area contributed by atoms with Crippen LogP contribution in [0.25, 0.3) is 0 Å². The molecule has 0 aliphatic heterocycles. The molecule has 0 amide bonds. The van der Waals surface area contributed by atoms with Gasteiger partial charge in [0.05, 0.1) is 12.8 Å². The van der Waals surface area contributed by atoms with Crippen LogP contribution in [0.3, 0.4) is 0 Å². The van der Waals surface area contributed by atoms with Gasteiger partial charge < -0.3 is 19.7 Å². The van der Waals surface area contributed by atoms with E-state index in [0.29, 0.717) is 0 Å². The molecular weight excluding hydrogens is 219 g/mol. The van der Waals surface area contributed by atoms with Crippen molar-refractivity contribution in [3.05, 3.63) is 0 Å². The molecule has 0 heterocycles. The van der Waals surface area contributed by atoms with Crippen molar-refractivity contribution in [2.45, 2.75) is 19.3 Å². The molecule has 0 aliphatic carbocycles. The third-order valence-electron chi connectivity index (χ3n) is 1.11. The predicted octanol–water partition coefficient (Wildman–Crippen LogP) is -4.46. The smallest absolute Gasteiger partial charge is 0.550 e. The Kier molecular flexibility index (Phi) is 11.3. The molecule has 14 heavy (non-hydrogen) atoms. The summed E-state index contributed by atoms with van der Waals surface area (Å²) >= 11 is 0. The maximum atomic E-state index is 10.6. The van der Waals surface area contributed by atoms with Crippen LogP contribution in [0.5, 0.6) is 0 Å². The molecule has 1 N–H and O–H groups in total. The first-order chi connectivity index (χ1) is 6.02. The molecule has 0 atom stereocenters. The summed E-state index contributed by atoms with van der Waals surface area (Å²) in [6, 6.07) is 0. The van der Waals surface area contributed by atoms with Gasteiger partial charge in [-0.25, -0.2) is 0 Å². The second-order valence-electron chi connectivity index (χ2n) is 2.24. The quantitative estimate of drug-likeness (QED) is 0.363. The van der Waals surface area contributed by atoms with Crippen molar-refractivity contribution in [3.8, 4) is 0 Å². The second-order valence-corrected chi connectivity index (χ2v) is 2.24.